The summed E-state index contributed by atoms with van der Waals surface area (Å²) in [5, 5.41) is 3.05. The minimum Gasteiger partial charge on any atom is -0.486 e. The minimum atomic E-state index is -0.00103. The molecule has 0 spiro atoms. The predicted molar refractivity (Wildman–Crippen MR) is 97.3 cm³/mol. The zero-order valence-electron chi connectivity index (χ0n) is 13.9. The van der Waals surface area contributed by atoms with E-state index in [2.05, 4.69) is 18.3 Å². The molecule has 0 aromatic heterocycles. The van der Waals surface area contributed by atoms with Crippen molar-refractivity contribution in [3.8, 4) is 11.5 Å². The molecule has 2 aromatic rings. The first-order valence-electron chi connectivity index (χ1n) is 8.08. The molecule has 0 unspecified atom stereocenters. The first kappa shape index (κ1) is 16.7. The van der Waals surface area contributed by atoms with Crippen molar-refractivity contribution in [3.05, 3.63) is 47.5 Å². The highest BCUT2D eigenvalue weighted by Gasteiger charge is 2.13. The summed E-state index contributed by atoms with van der Waals surface area (Å²) in [6.07, 6.45) is 0.895. The van der Waals surface area contributed by atoms with Gasteiger partial charge in [-0.05, 0) is 42.7 Å². The van der Waals surface area contributed by atoms with Crippen molar-refractivity contribution in [1.82, 2.24) is 0 Å². The van der Waals surface area contributed by atoms with Crippen molar-refractivity contribution in [1.29, 1.82) is 0 Å². The second-order valence-electron chi connectivity index (χ2n) is 5.60. The summed E-state index contributed by atoms with van der Waals surface area (Å²) < 4.78 is 11.1. The van der Waals surface area contributed by atoms with E-state index in [0.29, 0.717) is 19.0 Å². The average molecular weight is 343 g/mol. The molecule has 1 heterocycles. The molecule has 1 aliphatic heterocycles. The Kier molecular flexibility index (Phi) is 5.30. The maximum Gasteiger partial charge on any atom is 0.234 e. The number of para-hydroxylation sites is 1. The number of thioether (sulfide) groups is 1. The van der Waals surface area contributed by atoms with Gasteiger partial charge in [0.05, 0.1) is 5.75 Å². The highest BCUT2D eigenvalue weighted by atomic mass is 32.2. The number of rotatable bonds is 5. The van der Waals surface area contributed by atoms with Crippen LogP contribution >= 0.6 is 11.8 Å². The summed E-state index contributed by atoms with van der Waals surface area (Å²) in [4.78, 5) is 13.3. The van der Waals surface area contributed by atoms with Crippen LogP contribution in [0.4, 0.5) is 5.69 Å². The Morgan fingerprint density at radius 2 is 1.96 bits per heavy atom. The van der Waals surface area contributed by atoms with Crippen molar-refractivity contribution >= 4 is 23.4 Å². The first-order chi connectivity index (χ1) is 11.7. The number of fused-ring (bicyclic) bond motifs is 1. The van der Waals surface area contributed by atoms with Crippen LogP contribution in [0, 0.1) is 6.92 Å². The second kappa shape index (κ2) is 7.62. The average Bonchev–Trinajstić information content (AvgIpc) is 2.61. The standard InChI is InChI=1S/C19H21NO3S/c1-3-14-6-4-5-13(2)19(14)20-18(21)12-24-15-7-8-16-17(11-15)23-10-9-22-16/h4-8,11H,3,9-10,12H2,1-2H3,(H,20,21). The third-order valence-electron chi connectivity index (χ3n) is 3.89. The summed E-state index contributed by atoms with van der Waals surface area (Å²) in [6.45, 7) is 5.25. The van der Waals surface area contributed by atoms with Crippen LogP contribution in [0.3, 0.4) is 0 Å². The molecule has 2 aromatic carbocycles. The number of aryl methyl sites for hydroxylation is 2. The van der Waals surface area contributed by atoms with Crippen LogP contribution in [0.2, 0.25) is 0 Å². The number of hydrogen-bond donors (Lipinski definition) is 1. The Morgan fingerprint density at radius 1 is 1.17 bits per heavy atom. The third-order valence-corrected chi connectivity index (χ3v) is 4.88. The molecule has 0 fully saturated rings. The molecule has 0 saturated heterocycles. The van der Waals surface area contributed by atoms with E-state index in [4.69, 9.17) is 9.47 Å². The molecular weight excluding hydrogens is 322 g/mol. The van der Waals surface area contributed by atoms with Gasteiger partial charge in [0.2, 0.25) is 5.91 Å². The van der Waals surface area contributed by atoms with Gasteiger partial charge >= 0.3 is 0 Å². The van der Waals surface area contributed by atoms with Crippen molar-refractivity contribution in [2.24, 2.45) is 0 Å². The molecule has 1 aliphatic rings. The number of amides is 1. The molecule has 5 heteroatoms. The summed E-state index contributed by atoms with van der Waals surface area (Å²) in [6, 6.07) is 11.9. The quantitative estimate of drug-likeness (QED) is 0.832. The van der Waals surface area contributed by atoms with Gasteiger partial charge in [-0.25, -0.2) is 0 Å². The molecule has 0 bridgehead atoms. The lowest BCUT2D eigenvalue weighted by molar-refractivity contribution is -0.113. The van der Waals surface area contributed by atoms with E-state index in [1.807, 2.05) is 37.3 Å². The van der Waals surface area contributed by atoms with Gasteiger partial charge < -0.3 is 14.8 Å². The SMILES string of the molecule is CCc1cccc(C)c1NC(=O)CSc1ccc2c(c1)OCCO2. The van der Waals surface area contributed by atoms with E-state index in [-0.39, 0.29) is 5.91 Å². The van der Waals surface area contributed by atoms with Gasteiger partial charge in [-0.1, -0.05) is 25.1 Å². The summed E-state index contributed by atoms with van der Waals surface area (Å²) in [5.74, 6) is 1.87. The second-order valence-corrected chi connectivity index (χ2v) is 6.65. The molecule has 0 radical (unpaired) electrons. The number of carbonyl (C=O) groups excluding carboxylic acids is 1. The Labute approximate surface area is 146 Å². The smallest absolute Gasteiger partial charge is 0.234 e. The van der Waals surface area contributed by atoms with Gasteiger partial charge in [0.15, 0.2) is 11.5 Å². The summed E-state index contributed by atoms with van der Waals surface area (Å²) >= 11 is 1.49. The highest BCUT2D eigenvalue weighted by Crippen LogP contribution is 2.34. The number of hydrogen-bond acceptors (Lipinski definition) is 4. The number of benzene rings is 2. The number of ether oxygens (including phenoxy) is 2. The van der Waals surface area contributed by atoms with Crippen molar-refractivity contribution in [3.63, 3.8) is 0 Å². The molecule has 3 rings (SSSR count). The van der Waals surface area contributed by atoms with Gasteiger partial charge in [0.1, 0.15) is 13.2 Å². The molecule has 0 saturated carbocycles. The van der Waals surface area contributed by atoms with Crippen LogP contribution < -0.4 is 14.8 Å². The number of nitrogens with one attached hydrogen (secondary N) is 1. The van der Waals surface area contributed by atoms with E-state index < -0.39 is 0 Å². The van der Waals surface area contributed by atoms with E-state index in [0.717, 1.165) is 39.6 Å². The maximum atomic E-state index is 12.3. The molecule has 0 aliphatic carbocycles. The van der Waals surface area contributed by atoms with E-state index in [1.165, 1.54) is 11.8 Å². The van der Waals surface area contributed by atoms with Crippen LogP contribution in [0.1, 0.15) is 18.1 Å². The molecule has 24 heavy (non-hydrogen) atoms. The lowest BCUT2D eigenvalue weighted by atomic mass is 10.1. The minimum absolute atomic E-state index is 0.00103. The van der Waals surface area contributed by atoms with Crippen LogP contribution in [0.25, 0.3) is 0 Å². The molecule has 4 nitrogen and oxygen atoms in total. The predicted octanol–water partition coefficient (Wildman–Crippen LogP) is 4.06. The summed E-state index contributed by atoms with van der Waals surface area (Å²) in [7, 11) is 0. The Bertz CT molecular complexity index is 745. The fourth-order valence-electron chi connectivity index (χ4n) is 2.64. The van der Waals surface area contributed by atoms with Gasteiger partial charge in [-0.3, -0.25) is 4.79 Å². The monoisotopic (exact) mass is 343 g/mol. The largest absolute Gasteiger partial charge is 0.486 e. The molecule has 126 valence electrons. The van der Waals surface area contributed by atoms with Crippen molar-refractivity contribution < 1.29 is 14.3 Å². The van der Waals surface area contributed by atoms with Crippen LogP contribution in [0.5, 0.6) is 11.5 Å². The zero-order chi connectivity index (χ0) is 16.9. The van der Waals surface area contributed by atoms with Crippen molar-refractivity contribution in [2.75, 3.05) is 24.3 Å². The van der Waals surface area contributed by atoms with Gasteiger partial charge in [0, 0.05) is 10.6 Å². The van der Waals surface area contributed by atoms with Gasteiger partial charge in [0.25, 0.3) is 0 Å². The Morgan fingerprint density at radius 3 is 2.75 bits per heavy atom. The van der Waals surface area contributed by atoms with Gasteiger partial charge in [-0.2, -0.15) is 0 Å². The number of anilines is 1. The van der Waals surface area contributed by atoms with Crippen LogP contribution in [-0.2, 0) is 11.2 Å². The van der Waals surface area contributed by atoms with Crippen molar-refractivity contribution in [2.45, 2.75) is 25.2 Å². The van der Waals surface area contributed by atoms with E-state index >= 15 is 0 Å². The third kappa shape index (κ3) is 3.85. The van der Waals surface area contributed by atoms with E-state index in [9.17, 15) is 4.79 Å². The fraction of sp³-hybridized carbons (Fsp3) is 0.316. The molecule has 0 atom stereocenters. The first-order valence-corrected chi connectivity index (χ1v) is 9.06. The molecular formula is C19H21NO3S. The fourth-order valence-corrected chi connectivity index (χ4v) is 3.36. The van der Waals surface area contributed by atoms with E-state index in [1.54, 1.807) is 0 Å². The maximum absolute atomic E-state index is 12.3. The topological polar surface area (TPSA) is 47.6 Å². The number of carbonyl (C=O) groups is 1. The normalized spacial score (nSPS) is 12.8. The van der Waals surface area contributed by atoms with Crippen LogP contribution in [0.15, 0.2) is 41.3 Å². The molecule has 1 N–H and O–H groups in total. The zero-order valence-corrected chi connectivity index (χ0v) is 14.7. The summed E-state index contributed by atoms with van der Waals surface area (Å²) in [5.41, 5.74) is 3.19. The lowest BCUT2D eigenvalue weighted by Crippen LogP contribution is -2.16. The van der Waals surface area contributed by atoms with Gasteiger partial charge in [-0.15, -0.1) is 11.8 Å². The Hall–Kier alpha value is -2.14. The Balaban J connectivity index is 1.62. The lowest BCUT2D eigenvalue weighted by Gasteiger charge is -2.18. The highest BCUT2D eigenvalue weighted by molar-refractivity contribution is 8.00. The molecule has 1 amide bonds. The van der Waals surface area contributed by atoms with Crippen LogP contribution in [-0.4, -0.2) is 24.9 Å².